The average molecular weight is 93.6 g/mol. The van der Waals surface area contributed by atoms with Crippen molar-refractivity contribution in [2.24, 2.45) is 5.92 Å². The summed E-state index contributed by atoms with van der Waals surface area (Å²) in [5.74, 6) is 0.903. The van der Waals surface area contributed by atoms with E-state index in [2.05, 4.69) is 21.6 Å². The minimum atomic E-state index is 0.903. The highest BCUT2D eigenvalue weighted by atomic mass is 13.8. The summed E-state index contributed by atoms with van der Waals surface area (Å²) >= 11 is 0. The van der Waals surface area contributed by atoms with Crippen LogP contribution in [0.4, 0.5) is 0 Å². The molecule has 0 saturated heterocycles. The molecule has 0 saturated carbocycles. The van der Waals surface area contributed by atoms with Crippen LogP contribution in [0, 0.1) is 5.92 Å². The van der Waals surface area contributed by atoms with Crippen molar-refractivity contribution >= 4 is 22.0 Å². The topological polar surface area (TPSA) is 0 Å². The fourth-order valence-corrected chi connectivity index (χ4v) is 0.612. The second-order valence-electron chi connectivity index (χ2n) is 2.54. The van der Waals surface area contributed by atoms with E-state index in [1.54, 1.807) is 0 Å². The molecule has 0 aromatic carbocycles. The third-order valence-electron chi connectivity index (χ3n) is 1.14. The quantitative estimate of drug-likeness (QED) is 0.409. The molecule has 0 radical (unpaired) electrons. The zero-order chi connectivity index (χ0) is 5.70. The van der Waals surface area contributed by atoms with E-state index < -0.39 is 0 Å². The molecule has 0 aliphatic heterocycles. The lowest BCUT2D eigenvalue weighted by Crippen LogP contribution is -2.05. The van der Waals surface area contributed by atoms with Gasteiger partial charge in [0.2, 0.25) is 0 Å². The zero-order valence-corrected chi connectivity index (χ0v) is 5.70. The molecule has 0 bridgehead atoms. The summed E-state index contributed by atoms with van der Waals surface area (Å²) < 4.78 is 0. The maximum atomic E-state index is 2.27. The highest BCUT2D eigenvalue weighted by molar-refractivity contribution is 7.23. The number of hydrogen-bond donors (Lipinski definition) is 0. The summed E-state index contributed by atoms with van der Waals surface area (Å²) in [5, 5.41) is 0. The lowest BCUT2D eigenvalue weighted by atomic mass is 9.26. The van der Waals surface area contributed by atoms with Crippen LogP contribution < -0.4 is 0 Å². The first-order chi connectivity index (χ1) is 3.27. The minimum Gasteiger partial charge on any atom is -0.0831 e. The second-order valence-corrected chi connectivity index (χ2v) is 2.54. The largest absolute Gasteiger partial charge is 0.0831 e. The molecule has 0 spiro atoms. The molecular formula is C4H13B3. The lowest BCUT2D eigenvalue weighted by molar-refractivity contribution is 0.734. The zero-order valence-electron chi connectivity index (χ0n) is 5.70. The fraction of sp³-hybridized carbons (Fsp3) is 1.00. The molecule has 0 amide bonds. The molecule has 38 valence electrons. The fourth-order valence-electron chi connectivity index (χ4n) is 0.612. The van der Waals surface area contributed by atoms with Crippen molar-refractivity contribution in [1.29, 1.82) is 0 Å². The summed E-state index contributed by atoms with van der Waals surface area (Å²) in [4.78, 5) is 0. The van der Waals surface area contributed by atoms with Crippen LogP contribution in [-0.4, -0.2) is 22.0 Å². The highest BCUT2D eigenvalue weighted by Crippen LogP contribution is 1.95. The van der Waals surface area contributed by atoms with Crippen LogP contribution in [0.25, 0.3) is 0 Å². The molecule has 0 N–H and O–H groups in total. The Bertz CT molecular complexity index is 35.9. The van der Waals surface area contributed by atoms with Crippen LogP contribution in [0.5, 0.6) is 0 Å². The highest BCUT2D eigenvalue weighted by Gasteiger charge is 1.91. The molecule has 0 rings (SSSR count). The van der Waals surface area contributed by atoms with Crippen molar-refractivity contribution in [2.75, 3.05) is 0 Å². The van der Waals surface area contributed by atoms with Gasteiger partial charge in [-0.2, -0.15) is 0 Å². The van der Waals surface area contributed by atoms with E-state index in [-0.39, 0.29) is 0 Å². The molecule has 0 unspecified atom stereocenters. The summed E-state index contributed by atoms with van der Waals surface area (Å²) in [6.45, 7) is 4.55. The molecule has 0 aliphatic carbocycles. The van der Waals surface area contributed by atoms with Gasteiger partial charge >= 0.3 is 0 Å². The van der Waals surface area contributed by atoms with Gasteiger partial charge in [0.15, 0.2) is 0 Å². The molecule has 0 heterocycles. The smallest absolute Gasteiger partial charge is 0.0783 e. The van der Waals surface area contributed by atoms with Crippen molar-refractivity contribution < 1.29 is 0 Å². The van der Waals surface area contributed by atoms with Crippen molar-refractivity contribution in [2.45, 2.75) is 20.2 Å². The van der Waals surface area contributed by atoms with Gasteiger partial charge in [-0.05, 0) is 0 Å². The Balaban J connectivity index is 2.68. The van der Waals surface area contributed by atoms with Gasteiger partial charge < -0.3 is 0 Å². The molecular weight excluding hydrogens is 80.5 g/mol. The maximum absolute atomic E-state index is 2.27. The molecule has 0 fully saturated rings. The van der Waals surface area contributed by atoms with Crippen LogP contribution in [0.15, 0.2) is 0 Å². The lowest BCUT2D eigenvalue weighted by Gasteiger charge is -1.96. The van der Waals surface area contributed by atoms with Gasteiger partial charge in [-0.25, -0.2) is 0 Å². The Kier molecular flexibility index (Phi) is 4.48. The summed E-state index contributed by atoms with van der Waals surface area (Å²) in [6, 6.07) is 0. The minimum absolute atomic E-state index is 0.903. The normalized spacial score (nSPS) is 9.00. The Labute approximate surface area is 48.9 Å². The van der Waals surface area contributed by atoms with E-state index >= 15 is 0 Å². The van der Waals surface area contributed by atoms with Gasteiger partial charge in [0.05, 0.1) is 22.0 Å². The third-order valence-corrected chi connectivity index (χ3v) is 1.14. The molecule has 3 heteroatoms. The van der Waals surface area contributed by atoms with Crippen molar-refractivity contribution in [3.05, 3.63) is 0 Å². The van der Waals surface area contributed by atoms with Gasteiger partial charge in [-0.3, -0.25) is 0 Å². The van der Waals surface area contributed by atoms with Crippen LogP contribution >= 0.6 is 0 Å². The monoisotopic (exact) mass is 94.1 g/mol. The van der Waals surface area contributed by atoms with Crippen LogP contribution in [0.2, 0.25) is 6.32 Å². The van der Waals surface area contributed by atoms with Crippen molar-refractivity contribution in [3.63, 3.8) is 0 Å². The van der Waals surface area contributed by atoms with E-state index in [4.69, 9.17) is 0 Å². The number of rotatable bonds is 3. The van der Waals surface area contributed by atoms with E-state index in [0.29, 0.717) is 0 Å². The SMILES string of the molecule is BBBCC(C)C. The first kappa shape index (κ1) is 7.19. The summed E-state index contributed by atoms with van der Waals surface area (Å²) in [6.07, 6.45) is 1.40. The molecule has 0 aromatic rings. The predicted octanol–water partition coefficient (Wildman–Crippen LogP) is -0.603. The van der Waals surface area contributed by atoms with Gasteiger partial charge in [-0.1, -0.05) is 26.1 Å². The summed E-state index contributed by atoms with van der Waals surface area (Å²) in [5.41, 5.74) is 0. The molecule has 0 aliphatic rings. The van der Waals surface area contributed by atoms with Gasteiger partial charge in [0.25, 0.3) is 0 Å². The Morgan fingerprint density at radius 1 is 1.57 bits per heavy atom. The van der Waals surface area contributed by atoms with Crippen LogP contribution in [-0.2, 0) is 0 Å². The second kappa shape index (κ2) is 4.36. The van der Waals surface area contributed by atoms with E-state index in [1.807, 2.05) is 0 Å². The Morgan fingerprint density at radius 2 is 2.14 bits per heavy atom. The first-order valence-electron chi connectivity index (χ1n) is 3.27. The van der Waals surface area contributed by atoms with E-state index in [1.165, 1.54) is 20.6 Å². The Hall–Kier alpha value is 0.195. The molecule has 0 aromatic heterocycles. The van der Waals surface area contributed by atoms with Gasteiger partial charge in [0, 0.05) is 0 Å². The number of hydrogen-bond acceptors (Lipinski definition) is 0. The predicted molar refractivity (Wildman–Crippen MR) is 42.5 cm³/mol. The molecule has 0 atom stereocenters. The molecule has 0 nitrogen and oxygen atoms in total. The Morgan fingerprint density at radius 3 is 2.29 bits per heavy atom. The van der Waals surface area contributed by atoms with Crippen molar-refractivity contribution in [3.8, 4) is 0 Å². The van der Waals surface area contributed by atoms with E-state index in [9.17, 15) is 0 Å². The molecule has 7 heavy (non-hydrogen) atoms. The van der Waals surface area contributed by atoms with Gasteiger partial charge in [-0.15, -0.1) is 0 Å². The van der Waals surface area contributed by atoms with Crippen molar-refractivity contribution in [1.82, 2.24) is 0 Å². The van der Waals surface area contributed by atoms with Gasteiger partial charge in [0.1, 0.15) is 0 Å². The summed E-state index contributed by atoms with van der Waals surface area (Å²) in [7, 11) is 4.98. The first-order valence-corrected chi connectivity index (χ1v) is 3.27. The maximum Gasteiger partial charge on any atom is 0.0783 e. The van der Waals surface area contributed by atoms with Crippen LogP contribution in [0.1, 0.15) is 13.8 Å². The third kappa shape index (κ3) is 6.19. The standard InChI is InChI=1S/C4H13B3/c1-4(2)3-6-7-5/h4,6-7H,3,5H2,1-2H3. The average Bonchev–Trinajstić information content (AvgIpc) is 1.61. The van der Waals surface area contributed by atoms with E-state index in [0.717, 1.165) is 5.92 Å². The van der Waals surface area contributed by atoms with Crippen LogP contribution in [0.3, 0.4) is 0 Å².